The minimum Gasteiger partial charge on any atom is -0.352 e. The van der Waals surface area contributed by atoms with Gasteiger partial charge in [0.2, 0.25) is 11.8 Å². The minimum atomic E-state index is -0.125. The smallest absolute Gasteiger partial charge is 0.236 e. The van der Waals surface area contributed by atoms with Crippen LogP contribution in [-0.4, -0.2) is 16.0 Å². The van der Waals surface area contributed by atoms with Crippen LogP contribution in [0.25, 0.3) is 0 Å². The maximum atomic E-state index is 11.6. The number of hydrogen-bond acceptors (Lipinski definition) is 4. The van der Waals surface area contributed by atoms with E-state index in [2.05, 4.69) is 15.5 Å². The van der Waals surface area contributed by atoms with Gasteiger partial charge in [-0.15, -0.1) is 0 Å². The Morgan fingerprint density at radius 2 is 2.22 bits per heavy atom. The number of aromatic nitrogens is 2. The van der Waals surface area contributed by atoms with E-state index >= 15 is 0 Å². The van der Waals surface area contributed by atoms with Gasteiger partial charge in [0.25, 0.3) is 0 Å². The summed E-state index contributed by atoms with van der Waals surface area (Å²) in [5.41, 5.74) is 2.25. The monoisotopic (exact) mass is 245 g/mol. The summed E-state index contributed by atoms with van der Waals surface area (Å²) < 4.78 is 4.88. The molecular formula is C13H15N3O2. The molecule has 0 radical (unpaired) electrons. The first-order chi connectivity index (χ1) is 8.63. The van der Waals surface area contributed by atoms with Crippen LogP contribution >= 0.6 is 0 Å². The Hall–Kier alpha value is -2.17. The molecule has 0 saturated carbocycles. The number of benzene rings is 1. The summed E-state index contributed by atoms with van der Waals surface area (Å²) in [6.45, 7) is 4.25. The van der Waals surface area contributed by atoms with Crippen LogP contribution in [0.2, 0.25) is 0 Å². The lowest BCUT2D eigenvalue weighted by atomic mass is 10.1. The van der Waals surface area contributed by atoms with Gasteiger partial charge in [-0.25, -0.2) is 0 Å². The van der Waals surface area contributed by atoms with E-state index in [9.17, 15) is 4.79 Å². The Kier molecular flexibility index (Phi) is 3.72. The van der Waals surface area contributed by atoms with Gasteiger partial charge in [0, 0.05) is 6.54 Å². The maximum absolute atomic E-state index is 11.6. The summed E-state index contributed by atoms with van der Waals surface area (Å²) in [6.07, 6.45) is 0.118. The molecule has 0 aliphatic heterocycles. The minimum absolute atomic E-state index is 0.118. The fourth-order valence-corrected chi connectivity index (χ4v) is 1.63. The van der Waals surface area contributed by atoms with Crippen molar-refractivity contribution in [1.29, 1.82) is 0 Å². The predicted octanol–water partition coefficient (Wildman–Crippen LogP) is 1.55. The summed E-state index contributed by atoms with van der Waals surface area (Å²) in [4.78, 5) is 15.6. The largest absolute Gasteiger partial charge is 0.352 e. The fourth-order valence-electron chi connectivity index (χ4n) is 1.63. The average Bonchev–Trinajstić information content (AvgIpc) is 2.72. The van der Waals surface area contributed by atoms with Crippen LogP contribution in [0.3, 0.4) is 0 Å². The molecule has 0 fully saturated rings. The van der Waals surface area contributed by atoms with Crippen molar-refractivity contribution in [1.82, 2.24) is 15.5 Å². The normalized spacial score (nSPS) is 10.3. The molecule has 5 heteroatoms. The Balaban J connectivity index is 1.85. The highest BCUT2D eigenvalue weighted by Gasteiger charge is 2.09. The molecule has 1 amide bonds. The first-order valence-electron chi connectivity index (χ1n) is 5.75. The van der Waals surface area contributed by atoms with Crippen LogP contribution in [0, 0.1) is 13.8 Å². The van der Waals surface area contributed by atoms with Crippen LogP contribution < -0.4 is 5.32 Å². The van der Waals surface area contributed by atoms with Crippen molar-refractivity contribution in [3.63, 3.8) is 0 Å². The average molecular weight is 245 g/mol. The third-order valence-corrected chi connectivity index (χ3v) is 2.45. The zero-order valence-electron chi connectivity index (χ0n) is 10.4. The van der Waals surface area contributed by atoms with Gasteiger partial charge in [-0.3, -0.25) is 4.79 Å². The highest BCUT2D eigenvalue weighted by molar-refractivity contribution is 5.77. The van der Waals surface area contributed by atoms with Crippen molar-refractivity contribution in [2.24, 2.45) is 0 Å². The molecule has 18 heavy (non-hydrogen) atoms. The third kappa shape index (κ3) is 3.41. The molecule has 0 atom stereocenters. The molecule has 0 saturated heterocycles. The second-order valence-corrected chi connectivity index (χ2v) is 4.18. The highest BCUT2D eigenvalue weighted by Crippen LogP contribution is 2.03. The van der Waals surface area contributed by atoms with Crippen molar-refractivity contribution in [2.45, 2.75) is 26.8 Å². The van der Waals surface area contributed by atoms with Crippen molar-refractivity contribution in [2.75, 3.05) is 0 Å². The summed E-state index contributed by atoms with van der Waals surface area (Å²) in [6, 6.07) is 8.01. The van der Waals surface area contributed by atoms with Gasteiger partial charge < -0.3 is 9.84 Å². The predicted molar refractivity (Wildman–Crippen MR) is 65.8 cm³/mol. The number of nitrogens with one attached hydrogen (secondary N) is 1. The van der Waals surface area contributed by atoms with E-state index in [0.717, 1.165) is 5.56 Å². The Morgan fingerprint density at radius 3 is 2.89 bits per heavy atom. The second-order valence-electron chi connectivity index (χ2n) is 4.18. The number of carbonyl (C=O) groups excluding carboxylic acids is 1. The number of hydrogen-bond donors (Lipinski definition) is 1. The fraction of sp³-hybridized carbons (Fsp3) is 0.308. The van der Waals surface area contributed by atoms with Gasteiger partial charge in [0.1, 0.15) is 6.42 Å². The molecule has 0 aliphatic carbocycles. The van der Waals surface area contributed by atoms with Crippen LogP contribution in [0.1, 0.15) is 22.8 Å². The van der Waals surface area contributed by atoms with Crippen molar-refractivity contribution >= 4 is 5.91 Å². The highest BCUT2D eigenvalue weighted by atomic mass is 16.5. The Bertz CT molecular complexity index is 549. The number of rotatable bonds is 4. The third-order valence-electron chi connectivity index (χ3n) is 2.45. The summed E-state index contributed by atoms with van der Waals surface area (Å²) in [7, 11) is 0. The van der Waals surface area contributed by atoms with Gasteiger partial charge in [-0.1, -0.05) is 35.0 Å². The molecule has 1 N–H and O–H groups in total. The topological polar surface area (TPSA) is 68.0 Å². The quantitative estimate of drug-likeness (QED) is 0.887. The molecule has 2 aromatic rings. The molecule has 0 unspecified atom stereocenters. The molecule has 0 aliphatic rings. The van der Waals surface area contributed by atoms with Gasteiger partial charge in [-0.05, 0) is 19.4 Å². The zero-order chi connectivity index (χ0) is 13.0. The van der Waals surface area contributed by atoms with E-state index in [-0.39, 0.29) is 12.3 Å². The first kappa shape index (κ1) is 12.3. The summed E-state index contributed by atoms with van der Waals surface area (Å²) in [5, 5.41) is 6.45. The molecule has 2 rings (SSSR count). The van der Waals surface area contributed by atoms with Gasteiger partial charge in [0.05, 0.1) is 0 Å². The first-order valence-corrected chi connectivity index (χ1v) is 5.75. The molecule has 5 nitrogen and oxygen atoms in total. The lowest BCUT2D eigenvalue weighted by molar-refractivity contribution is -0.120. The number of carbonyl (C=O) groups is 1. The van der Waals surface area contributed by atoms with Crippen LogP contribution in [0.15, 0.2) is 28.8 Å². The van der Waals surface area contributed by atoms with Crippen molar-refractivity contribution in [3.05, 3.63) is 47.1 Å². The van der Waals surface area contributed by atoms with E-state index < -0.39 is 0 Å². The molecule has 1 heterocycles. The van der Waals surface area contributed by atoms with E-state index in [1.165, 1.54) is 5.56 Å². The van der Waals surface area contributed by atoms with Crippen molar-refractivity contribution < 1.29 is 9.32 Å². The molecule has 0 bridgehead atoms. The van der Waals surface area contributed by atoms with Gasteiger partial charge in [0.15, 0.2) is 5.82 Å². The van der Waals surface area contributed by atoms with Crippen LogP contribution in [0.4, 0.5) is 0 Å². The number of nitrogens with zero attached hydrogens (tertiary/aromatic N) is 2. The Labute approximate surface area is 105 Å². The molecule has 94 valence electrons. The number of amides is 1. The van der Waals surface area contributed by atoms with Crippen LogP contribution in [0.5, 0.6) is 0 Å². The lowest BCUT2D eigenvalue weighted by Crippen LogP contribution is -2.24. The Morgan fingerprint density at radius 1 is 1.39 bits per heavy atom. The standard InChI is InChI=1S/C13H15N3O2/c1-9-4-3-5-11(6-9)8-14-12(17)7-13-15-10(2)16-18-13/h3-6H,7-8H2,1-2H3,(H,14,17). The van der Waals surface area contributed by atoms with E-state index in [0.29, 0.717) is 18.3 Å². The van der Waals surface area contributed by atoms with Gasteiger partial charge in [-0.2, -0.15) is 4.98 Å². The maximum Gasteiger partial charge on any atom is 0.236 e. The van der Waals surface area contributed by atoms with E-state index in [4.69, 9.17) is 4.52 Å². The van der Waals surface area contributed by atoms with E-state index in [1.54, 1.807) is 6.92 Å². The zero-order valence-corrected chi connectivity index (χ0v) is 10.4. The summed E-state index contributed by atoms with van der Waals surface area (Å²) >= 11 is 0. The van der Waals surface area contributed by atoms with Crippen molar-refractivity contribution in [3.8, 4) is 0 Å². The molecule has 1 aromatic carbocycles. The van der Waals surface area contributed by atoms with Crippen LogP contribution in [-0.2, 0) is 17.8 Å². The summed E-state index contributed by atoms with van der Waals surface area (Å²) in [5.74, 6) is 0.755. The van der Waals surface area contributed by atoms with E-state index in [1.807, 2.05) is 31.2 Å². The molecule has 0 spiro atoms. The molecular weight excluding hydrogens is 230 g/mol. The SMILES string of the molecule is Cc1cccc(CNC(=O)Cc2nc(C)no2)c1. The molecule has 1 aromatic heterocycles. The van der Waals surface area contributed by atoms with Gasteiger partial charge >= 0.3 is 0 Å². The lowest BCUT2D eigenvalue weighted by Gasteiger charge is -2.04. The number of aryl methyl sites for hydroxylation is 2. The second kappa shape index (κ2) is 5.44.